The molecule has 0 unspecified atom stereocenters. The molecule has 1 heterocycles. The third-order valence-corrected chi connectivity index (χ3v) is 2.53. The lowest BCUT2D eigenvalue weighted by Crippen LogP contribution is -2.45. The van der Waals surface area contributed by atoms with Gasteiger partial charge in [0.15, 0.2) is 5.84 Å². The number of rotatable bonds is 4. The molecule has 0 radical (unpaired) electrons. The van der Waals surface area contributed by atoms with Crippen molar-refractivity contribution in [2.45, 2.75) is 27.3 Å². The van der Waals surface area contributed by atoms with Crippen molar-refractivity contribution in [1.29, 1.82) is 0 Å². The number of nitrogens with one attached hydrogen (secondary N) is 1. The van der Waals surface area contributed by atoms with Crippen LogP contribution in [0.1, 0.15) is 25.4 Å². The molecule has 1 aromatic heterocycles. The van der Waals surface area contributed by atoms with E-state index in [-0.39, 0.29) is 18.3 Å². The molecule has 1 aromatic rings. The molecule has 94 valence electrons. The molecule has 4 N–H and O–H groups in total. The van der Waals surface area contributed by atoms with Crippen LogP contribution in [0, 0.1) is 12.3 Å². The van der Waals surface area contributed by atoms with Crippen molar-refractivity contribution in [3.8, 4) is 0 Å². The molecule has 0 fully saturated rings. The Balaban J connectivity index is 2.61. The molecule has 0 saturated carbocycles. The van der Waals surface area contributed by atoms with Crippen LogP contribution in [0.15, 0.2) is 21.7 Å². The number of amidine groups is 1. The number of nitrogens with zero attached hydrogens (tertiary/aromatic N) is 1. The Labute approximate surface area is 99.5 Å². The van der Waals surface area contributed by atoms with Crippen molar-refractivity contribution >= 4 is 11.7 Å². The van der Waals surface area contributed by atoms with E-state index in [1.807, 2.05) is 13.0 Å². The Hall–Kier alpha value is -1.98. The van der Waals surface area contributed by atoms with Gasteiger partial charge in [0, 0.05) is 0 Å². The van der Waals surface area contributed by atoms with E-state index < -0.39 is 5.41 Å². The largest absolute Gasteiger partial charge is 0.465 e. The van der Waals surface area contributed by atoms with E-state index >= 15 is 0 Å². The Kier molecular flexibility index (Phi) is 3.77. The lowest BCUT2D eigenvalue weighted by molar-refractivity contribution is -0.126. The third kappa shape index (κ3) is 2.99. The number of furan rings is 1. The van der Waals surface area contributed by atoms with Gasteiger partial charge in [-0.25, -0.2) is 0 Å². The van der Waals surface area contributed by atoms with Crippen molar-refractivity contribution in [3.63, 3.8) is 0 Å². The van der Waals surface area contributed by atoms with E-state index in [9.17, 15) is 4.79 Å². The van der Waals surface area contributed by atoms with Crippen LogP contribution in [0.25, 0.3) is 0 Å². The first-order valence-electron chi connectivity index (χ1n) is 5.19. The predicted molar refractivity (Wildman–Crippen MR) is 62.5 cm³/mol. The molecule has 0 atom stereocenters. The van der Waals surface area contributed by atoms with Gasteiger partial charge in [-0.3, -0.25) is 4.79 Å². The first-order valence-corrected chi connectivity index (χ1v) is 5.19. The van der Waals surface area contributed by atoms with Gasteiger partial charge in [-0.15, -0.1) is 0 Å². The lowest BCUT2D eigenvalue weighted by Gasteiger charge is -2.21. The highest BCUT2D eigenvalue weighted by molar-refractivity contribution is 6.05. The summed E-state index contributed by atoms with van der Waals surface area (Å²) in [6.07, 6.45) is 0. The monoisotopic (exact) mass is 239 g/mol. The summed E-state index contributed by atoms with van der Waals surface area (Å²) in [5, 5.41) is 14.1. The van der Waals surface area contributed by atoms with Crippen LogP contribution in [0.2, 0.25) is 0 Å². The van der Waals surface area contributed by atoms with Gasteiger partial charge in [-0.1, -0.05) is 5.16 Å². The predicted octanol–water partition coefficient (Wildman–Crippen LogP) is 0.977. The fourth-order valence-electron chi connectivity index (χ4n) is 1.21. The fourth-order valence-corrected chi connectivity index (χ4v) is 1.21. The molecule has 1 rings (SSSR count). The van der Waals surface area contributed by atoms with Crippen LogP contribution in [0.4, 0.5) is 0 Å². The minimum Gasteiger partial charge on any atom is -0.465 e. The molecule has 17 heavy (non-hydrogen) atoms. The lowest BCUT2D eigenvalue weighted by atomic mass is 9.91. The van der Waals surface area contributed by atoms with E-state index in [0.29, 0.717) is 5.76 Å². The molecular formula is C11H17N3O3. The van der Waals surface area contributed by atoms with Gasteiger partial charge in [-0.05, 0) is 32.9 Å². The van der Waals surface area contributed by atoms with Crippen LogP contribution in [-0.4, -0.2) is 17.0 Å². The minimum atomic E-state index is -1.06. The number of carbonyl (C=O) groups is 1. The number of nitrogens with two attached hydrogens (primary N) is 1. The highest BCUT2D eigenvalue weighted by Crippen LogP contribution is 2.15. The Morgan fingerprint density at radius 2 is 2.24 bits per heavy atom. The van der Waals surface area contributed by atoms with Crippen molar-refractivity contribution in [2.24, 2.45) is 16.3 Å². The van der Waals surface area contributed by atoms with Gasteiger partial charge in [0.05, 0.1) is 6.54 Å². The van der Waals surface area contributed by atoms with E-state index in [4.69, 9.17) is 15.4 Å². The SMILES string of the molecule is Cc1ccc(CNC(=O)C(C)(C)C(N)=NO)o1. The zero-order valence-electron chi connectivity index (χ0n) is 10.2. The second-order valence-corrected chi connectivity index (χ2v) is 4.31. The summed E-state index contributed by atoms with van der Waals surface area (Å²) in [7, 11) is 0. The highest BCUT2D eigenvalue weighted by Gasteiger charge is 2.32. The van der Waals surface area contributed by atoms with Crippen LogP contribution in [0.5, 0.6) is 0 Å². The summed E-state index contributed by atoms with van der Waals surface area (Å²) in [5.41, 5.74) is 4.38. The van der Waals surface area contributed by atoms with Gasteiger partial charge in [0.1, 0.15) is 16.9 Å². The molecule has 0 saturated heterocycles. The summed E-state index contributed by atoms with van der Waals surface area (Å²) < 4.78 is 5.31. The van der Waals surface area contributed by atoms with Crippen molar-refractivity contribution in [2.75, 3.05) is 0 Å². The van der Waals surface area contributed by atoms with Gasteiger partial charge in [-0.2, -0.15) is 0 Å². The number of hydrogen-bond acceptors (Lipinski definition) is 4. The van der Waals surface area contributed by atoms with Crippen molar-refractivity contribution < 1.29 is 14.4 Å². The maximum absolute atomic E-state index is 11.8. The van der Waals surface area contributed by atoms with Gasteiger partial charge < -0.3 is 20.7 Å². The van der Waals surface area contributed by atoms with Gasteiger partial charge in [0.2, 0.25) is 5.91 Å². The third-order valence-electron chi connectivity index (χ3n) is 2.53. The second-order valence-electron chi connectivity index (χ2n) is 4.31. The summed E-state index contributed by atoms with van der Waals surface area (Å²) >= 11 is 0. The molecule has 0 aliphatic heterocycles. The zero-order chi connectivity index (χ0) is 13.1. The molecule has 6 nitrogen and oxygen atoms in total. The molecule has 6 heteroatoms. The second kappa shape index (κ2) is 4.90. The van der Waals surface area contributed by atoms with Crippen LogP contribution in [-0.2, 0) is 11.3 Å². The molecule has 0 bridgehead atoms. The van der Waals surface area contributed by atoms with E-state index in [0.717, 1.165) is 5.76 Å². The molecule has 0 spiro atoms. The normalized spacial score (nSPS) is 12.5. The smallest absolute Gasteiger partial charge is 0.233 e. The van der Waals surface area contributed by atoms with E-state index in [1.54, 1.807) is 19.9 Å². The Morgan fingerprint density at radius 1 is 1.59 bits per heavy atom. The highest BCUT2D eigenvalue weighted by atomic mass is 16.4. The molecule has 1 amide bonds. The molecule has 0 aliphatic carbocycles. The maximum atomic E-state index is 11.8. The van der Waals surface area contributed by atoms with E-state index in [2.05, 4.69) is 10.5 Å². The fraction of sp³-hybridized carbons (Fsp3) is 0.455. The van der Waals surface area contributed by atoms with Crippen molar-refractivity contribution in [3.05, 3.63) is 23.7 Å². The average Bonchev–Trinajstić information content (AvgIpc) is 2.70. The average molecular weight is 239 g/mol. The zero-order valence-corrected chi connectivity index (χ0v) is 10.2. The Bertz CT molecular complexity index is 435. The quantitative estimate of drug-likeness (QED) is 0.315. The summed E-state index contributed by atoms with van der Waals surface area (Å²) in [6, 6.07) is 3.60. The topological polar surface area (TPSA) is 101 Å². The van der Waals surface area contributed by atoms with Gasteiger partial charge >= 0.3 is 0 Å². The first kappa shape index (κ1) is 13.1. The maximum Gasteiger partial charge on any atom is 0.233 e. The van der Waals surface area contributed by atoms with Crippen LogP contribution < -0.4 is 11.1 Å². The Morgan fingerprint density at radius 3 is 2.71 bits per heavy atom. The molecular weight excluding hydrogens is 222 g/mol. The summed E-state index contributed by atoms with van der Waals surface area (Å²) in [5.74, 6) is 0.976. The van der Waals surface area contributed by atoms with Gasteiger partial charge in [0.25, 0.3) is 0 Å². The summed E-state index contributed by atoms with van der Waals surface area (Å²) in [4.78, 5) is 11.8. The summed E-state index contributed by atoms with van der Waals surface area (Å²) in [6.45, 7) is 5.25. The number of amides is 1. The van der Waals surface area contributed by atoms with E-state index in [1.165, 1.54) is 0 Å². The number of aryl methyl sites for hydroxylation is 1. The number of carbonyl (C=O) groups excluding carboxylic acids is 1. The standard InChI is InChI=1S/C11H17N3O3/c1-7-4-5-8(17-7)6-13-10(15)11(2,3)9(12)14-16/h4-5,16H,6H2,1-3H3,(H2,12,14)(H,13,15). The molecule has 0 aromatic carbocycles. The van der Waals surface area contributed by atoms with Crippen LogP contribution >= 0.6 is 0 Å². The number of hydrogen-bond donors (Lipinski definition) is 3. The van der Waals surface area contributed by atoms with Crippen LogP contribution in [0.3, 0.4) is 0 Å². The number of oxime groups is 1. The molecule has 0 aliphatic rings. The van der Waals surface area contributed by atoms with Crippen molar-refractivity contribution in [1.82, 2.24) is 5.32 Å². The minimum absolute atomic E-state index is 0.134. The first-order chi connectivity index (χ1) is 7.87.